The zero-order valence-corrected chi connectivity index (χ0v) is 11.2. The third-order valence-corrected chi connectivity index (χ3v) is 2.94. The highest BCUT2D eigenvalue weighted by atomic mass is 35.5. The maximum absolute atomic E-state index is 6.29. The molecule has 0 aromatic heterocycles. The van der Waals surface area contributed by atoms with E-state index in [9.17, 15) is 0 Å². The highest BCUT2D eigenvalue weighted by Crippen LogP contribution is 2.20. The van der Waals surface area contributed by atoms with E-state index in [2.05, 4.69) is 38.2 Å². The van der Waals surface area contributed by atoms with Crippen molar-refractivity contribution < 1.29 is 0 Å². The molecule has 0 fully saturated rings. The van der Waals surface area contributed by atoms with Crippen LogP contribution in [0, 0.1) is 5.41 Å². The number of benzene rings is 1. The van der Waals surface area contributed by atoms with Crippen molar-refractivity contribution in [3.05, 3.63) is 35.9 Å². The SMILES string of the molecule is CC(C)(C)CCNCC(Cl)c1ccccc1. The molecular weight excluding hydrogens is 218 g/mol. The van der Waals surface area contributed by atoms with Gasteiger partial charge in [0.05, 0.1) is 5.38 Å². The topological polar surface area (TPSA) is 12.0 Å². The molecule has 90 valence electrons. The molecule has 1 rings (SSSR count). The van der Waals surface area contributed by atoms with E-state index in [0.29, 0.717) is 5.41 Å². The molecule has 0 saturated carbocycles. The molecule has 1 aromatic carbocycles. The van der Waals surface area contributed by atoms with E-state index in [1.54, 1.807) is 0 Å². The predicted octanol–water partition coefficient (Wildman–Crippen LogP) is 3.99. The highest BCUT2D eigenvalue weighted by Gasteiger charge is 2.10. The minimum absolute atomic E-state index is 0.0705. The lowest BCUT2D eigenvalue weighted by Gasteiger charge is -2.19. The van der Waals surface area contributed by atoms with Gasteiger partial charge in [-0.15, -0.1) is 11.6 Å². The van der Waals surface area contributed by atoms with Crippen molar-refractivity contribution in [2.75, 3.05) is 13.1 Å². The zero-order valence-electron chi connectivity index (χ0n) is 10.5. The van der Waals surface area contributed by atoms with Crippen LogP contribution in [0.1, 0.15) is 38.1 Å². The van der Waals surface area contributed by atoms with Crippen LogP contribution in [0.2, 0.25) is 0 Å². The number of rotatable bonds is 5. The Morgan fingerprint density at radius 1 is 1.19 bits per heavy atom. The van der Waals surface area contributed by atoms with Crippen molar-refractivity contribution in [2.45, 2.75) is 32.6 Å². The van der Waals surface area contributed by atoms with Crippen LogP contribution in [0.25, 0.3) is 0 Å². The summed E-state index contributed by atoms with van der Waals surface area (Å²) >= 11 is 6.29. The van der Waals surface area contributed by atoms with E-state index < -0.39 is 0 Å². The highest BCUT2D eigenvalue weighted by molar-refractivity contribution is 6.21. The van der Waals surface area contributed by atoms with Gasteiger partial charge in [-0.25, -0.2) is 0 Å². The van der Waals surface area contributed by atoms with Crippen molar-refractivity contribution in [1.82, 2.24) is 5.32 Å². The minimum Gasteiger partial charge on any atom is -0.315 e. The van der Waals surface area contributed by atoms with Gasteiger partial charge in [-0.3, -0.25) is 0 Å². The van der Waals surface area contributed by atoms with E-state index >= 15 is 0 Å². The van der Waals surface area contributed by atoms with Gasteiger partial charge in [0.25, 0.3) is 0 Å². The quantitative estimate of drug-likeness (QED) is 0.605. The number of alkyl halides is 1. The van der Waals surface area contributed by atoms with E-state index in [1.807, 2.05) is 18.2 Å². The van der Waals surface area contributed by atoms with E-state index in [-0.39, 0.29) is 5.38 Å². The maximum Gasteiger partial charge on any atom is 0.0709 e. The molecule has 1 unspecified atom stereocenters. The van der Waals surface area contributed by atoms with Gasteiger partial charge in [-0.1, -0.05) is 51.1 Å². The maximum atomic E-state index is 6.29. The summed E-state index contributed by atoms with van der Waals surface area (Å²) in [5.74, 6) is 0. The molecule has 1 aromatic rings. The average Bonchev–Trinajstić information content (AvgIpc) is 2.24. The summed E-state index contributed by atoms with van der Waals surface area (Å²) in [5.41, 5.74) is 1.58. The van der Waals surface area contributed by atoms with Crippen molar-refractivity contribution in [2.24, 2.45) is 5.41 Å². The molecule has 0 radical (unpaired) electrons. The lowest BCUT2D eigenvalue weighted by atomic mass is 9.92. The van der Waals surface area contributed by atoms with Gasteiger partial charge in [-0.2, -0.15) is 0 Å². The Kier molecular flexibility index (Phi) is 5.30. The number of nitrogens with one attached hydrogen (secondary N) is 1. The largest absolute Gasteiger partial charge is 0.315 e. The summed E-state index contributed by atoms with van der Waals surface area (Å²) in [5, 5.41) is 3.48. The fourth-order valence-electron chi connectivity index (χ4n) is 1.47. The Labute approximate surface area is 104 Å². The first-order chi connectivity index (χ1) is 7.49. The Balaban J connectivity index is 2.24. The molecule has 0 amide bonds. The van der Waals surface area contributed by atoms with Gasteiger partial charge in [0.1, 0.15) is 0 Å². The fourth-order valence-corrected chi connectivity index (χ4v) is 1.73. The second-order valence-corrected chi connectivity index (χ2v) is 5.92. The lowest BCUT2D eigenvalue weighted by molar-refractivity contribution is 0.367. The Bertz CT molecular complexity index is 289. The van der Waals surface area contributed by atoms with E-state index in [0.717, 1.165) is 13.1 Å². The van der Waals surface area contributed by atoms with Crippen molar-refractivity contribution >= 4 is 11.6 Å². The first-order valence-corrected chi connectivity index (χ1v) is 6.32. The minimum atomic E-state index is 0.0705. The molecular formula is C14H22ClN. The molecule has 16 heavy (non-hydrogen) atoms. The first-order valence-electron chi connectivity index (χ1n) is 5.89. The molecule has 0 aliphatic carbocycles. The molecule has 1 atom stereocenters. The summed E-state index contributed by atoms with van der Waals surface area (Å²) in [6, 6.07) is 10.2. The van der Waals surface area contributed by atoms with Crippen molar-refractivity contribution in [1.29, 1.82) is 0 Å². The van der Waals surface area contributed by atoms with Gasteiger partial charge in [-0.05, 0) is 23.9 Å². The van der Waals surface area contributed by atoms with E-state index in [4.69, 9.17) is 11.6 Å². The van der Waals surface area contributed by atoms with Crippen LogP contribution in [0.15, 0.2) is 30.3 Å². The second-order valence-electron chi connectivity index (χ2n) is 5.39. The van der Waals surface area contributed by atoms with Crippen LogP contribution in [-0.2, 0) is 0 Å². The van der Waals surface area contributed by atoms with Crippen LogP contribution >= 0.6 is 11.6 Å². The van der Waals surface area contributed by atoms with Crippen molar-refractivity contribution in [3.8, 4) is 0 Å². The molecule has 0 spiro atoms. The lowest BCUT2D eigenvalue weighted by Crippen LogP contribution is -2.23. The number of hydrogen-bond acceptors (Lipinski definition) is 1. The van der Waals surface area contributed by atoms with E-state index in [1.165, 1.54) is 12.0 Å². The van der Waals surface area contributed by atoms with Crippen LogP contribution in [0.5, 0.6) is 0 Å². The molecule has 1 nitrogen and oxygen atoms in total. The predicted molar refractivity (Wildman–Crippen MR) is 72.0 cm³/mol. The summed E-state index contributed by atoms with van der Waals surface area (Å²) in [4.78, 5) is 0. The average molecular weight is 240 g/mol. The van der Waals surface area contributed by atoms with Crippen LogP contribution in [0.3, 0.4) is 0 Å². The molecule has 0 heterocycles. The van der Waals surface area contributed by atoms with Gasteiger partial charge in [0.15, 0.2) is 0 Å². The van der Waals surface area contributed by atoms with Gasteiger partial charge < -0.3 is 5.32 Å². The third-order valence-electron chi connectivity index (χ3n) is 2.54. The van der Waals surface area contributed by atoms with Gasteiger partial charge in [0.2, 0.25) is 0 Å². The molecule has 0 aliphatic heterocycles. The Hall–Kier alpha value is -0.530. The summed E-state index contributed by atoms with van der Waals surface area (Å²) in [6.45, 7) is 8.62. The fraction of sp³-hybridized carbons (Fsp3) is 0.571. The van der Waals surface area contributed by atoms with Crippen molar-refractivity contribution in [3.63, 3.8) is 0 Å². The normalized spacial score (nSPS) is 13.8. The van der Waals surface area contributed by atoms with Gasteiger partial charge >= 0.3 is 0 Å². The summed E-state index contributed by atoms with van der Waals surface area (Å²) in [6.07, 6.45) is 1.17. The third kappa shape index (κ3) is 5.53. The second kappa shape index (κ2) is 6.27. The Morgan fingerprint density at radius 3 is 2.38 bits per heavy atom. The Morgan fingerprint density at radius 2 is 1.81 bits per heavy atom. The zero-order chi connectivity index (χ0) is 12.0. The van der Waals surface area contributed by atoms with Crippen LogP contribution in [-0.4, -0.2) is 13.1 Å². The molecule has 0 bridgehead atoms. The standard InChI is InChI=1S/C14H22ClN/c1-14(2,3)9-10-16-11-13(15)12-7-5-4-6-8-12/h4-8,13,16H,9-11H2,1-3H3. The summed E-state index contributed by atoms with van der Waals surface area (Å²) < 4.78 is 0. The molecule has 2 heteroatoms. The smallest absolute Gasteiger partial charge is 0.0709 e. The monoisotopic (exact) mass is 239 g/mol. The van der Waals surface area contributed by atoms with Gasteiger partial charge in [0, 0.05) is 6.54 Å². The number of halogens is 1. The van der Waals surface area contributed by atoms with Crippen LogP contribution in [0.4, 0.5) is 0 Å². The van der Waals surface area contributed by atoms with Crippen LogP contribution < -0.4 is 5.32 Å². The molecule has 1 N–H and O–H groups in total. The molecule has 0 saturated heterocycles. The number of hydrogen-bond donors (Lipinski definition) is 1. The first kappa shape index (κ1) is 13.5. The summed E-state index contributed by atoms with van der Waals surface area (Å²) in [7, 11) is 0. The molecule has 0 aliphatic rings.